The summed E-state index contributed by atoms with van der Waals surface area (Å²) in [5.74, 6) is 0.453. The van der Waals surface area contributed by atoms with Crippen molar-refractivity contribution in [1.82, 2.24) is 9.71 Å². The van der Waals surface area contributed by atoms with Crippen molar-refractivity contribution in [1.29, 1.82) is 5.26 Å². The first kappa shape index (κ1) is 18.8. The molecule has 0 saturated heterocycles. The van der Waals surface area contributed by atoms with Crippen LogP contribution in [0.25, 0.3) is 10.9 Å². The normalized spacial score (nSPS) is 11.3. The molecule has 6 nitrogen and oxygen atoms in total. The van der Waals surface area contributed by atoms with Gasteiger partial charge in [0.1, 0.15) is 11.9 Å². The summed E-state index contributed by atoms with van der Waals surface area (Å²) in [6.07, 6.45) is 0. The minimum absolute atomic E-state index is 0.175. The molecule has 138 valence electrons. The molecule has 3 aromatic rings. The van der Waals surface area contributed by atoms with Crippen LogP contribution in [0, 0.1) is 25.2 Å². The van der Waals surface area contributed by atoms with E-state index in [4.69, 9.17) is 0 Å². The van der Waals surface area contributed by atoms with Gasteiger partial charge in [-0.1, -0.05) is 35.9 Å². The van der Waals surface area contributed by atoms with Crippen molar-refractivity contribution >= 4 is 26.7 Å². The van der Waals surface area contributed by atoms with Crippen LogP contribution < -0.4 is 10.0 Å². The first-order chi connectivity index (χ1) is 12.9. The summed E-state index contributed by atoms with van der Waals surface area (Å²) in [4.78, 5) is 4.76. The zero-order valence-electron chi connectivity index (χ0n) is 15.2. The topological polar surface area (TPSA) is 94.9 Å². The molecule has 2 aromatic carbocycles. The Hall–Kier alpha value is -2.95. The predicted octanol–water partition coefficient (Wildman–Crippen LogP) is 3.11. The zero-order valence-corrected chi connectivity index (χ0v) is 16.0. The van der Waals surface area contributed by atoms with Crippen LogP contribution in [0.3, 0.4) is 0 Å². The number of aromatic nitrogens is 1. The molecule has 1 heterocycles. The van der Waals surface area contributed by atoms with Gasteiger partial charge < -0.3 is 5.32 Å². The number of para-hydroxylation sites is 1. The van der Waals surface area contributed by atoms with Crippen LogP contribution in [-0.2, 0) is 10.0 Å². The highest BCUT2D eigenvalue weighted by molar-refractivity contribution is 7.89. The summed E-state index contributed by atoms with van der Waals surface area (Å²) in [7, 11) is -3.56. The van der Waals surface area contributed by atoms with E-state index in [1.807, 2.05) is 32.0 Å². The number of nitriles is 1. The van der Waals surface area contributed by atoms with Crippen molar-refractivity contribution < 1.29 is 8.42 Å². The lowest BCUT2D eigenvalue weighted by Gasteiger charge is -2.11. The number of nitrogens with zero attached hydrogens (tertiary/aromatic N) is 2. The van der Waals surface area contributed by atoms with Crippen molar-refractivity contribution in [2.45, 2.75) is 18.7 Å². The highest BCUT2D eigenvalue weighted by Crippen LogP contribution is 2.22. The molecule has 0 aliphatic rings. The quantitative estimate of drug-likeness (QED) is 0.641. The van der Waals surface area contributed by atoms with Gasteiger partial charge in [-0.3, -0.25) is 0 Å². The molecule has 0 bridgehead atoms. The Morgan fingerprint density at radius 3 is 2.52 bits per heavy atom. The van der Waals surface area contributed by atoms with E-state index in [-0.39, 0.29) is 11.4 Å². The highest BCUT2D eigenvalue weighted by atomic mass is 32.2. The smallest absolute Gasteiger partial charge is 0.240 e. The summed E-state index contributed by atoms with van der Waals surface area (Å²) in [5, 5.41) is 13.3. The molecular formula is C20H20N4O2S. The molecule has 7 heteroatoms. The number of nitrogens with one attached hydrogen (secondary N) is 2. The van der Waals surface area contributed by atoms with Crippen LogP contribution >= 0.6 is 0 Å². The zero-order chi connectivity index (χ0) is 19.4. The van der Waals surface area contributed by atoms with Gasteiger partial charge in [-0.05, 0) is 37.6 Å². The number of aryl methyl sites for hydroxylation is 2. The highest BCUT2D eigenvalue weighted by Gasteiger charge is 2.13. The van der Waals surface area contributed by atoms with Crippen LogP contribution in [0.1, 0.15) is 16.7 Å². The Kier molecular flexibility index (Phi) is 5.40. The molecule has 2 N–H and O–H groups in total. The van der Waals surface area contributed by atoms with Crippen molar-refractivity contribution in [3.8, 4) is 6.07 Å². The molecular weight excluding hydrogens is 360 g/mol. The van der Waals surface area contributed by atoms with Gasteiger partial charge in [-0.15, -0.1) is 0 Å². The number of rotatable bonds is 6. The van der Waals surface area contributed by atoms with Gasteiger partial charge in [-0.25, -0.2) is 18.1 Å². The van der Waals surface area contributed by atoms with E-state index in [2.05, 4.69) is 21.1 Å². The Labute approximate surface area is 158 Å². The molecule has 0 aliphatic heterocycles. The minimum atomic E-state index is -3.56. The molecule has 0 saturated carbocycles. The van der Waals surface area contributed by atoms with E-state index < -0.39 is 10.0 Å². The minimum Gasteiger partial charge on any atom is -0.368 e. The maximum atomic E-state index is 12.3. The first-order valence-corrected chi connectivity index (χ1v) is 10.00. The lowest BCUT2D eigenvalue weighted by atomic mass is 10.1. The van der Waals surface area contributed by atoms with Crippen LogP contribution in [0.5, 0.6) is 0 Å². The van der Waals surface area contributed by atoms with Gasteiger partial charge in [0.05, 0.1) is 16.0 Å². The van der Waals surface area contributed by atoms with Crippen LogP contribution in [0.4, 0.5) is 5.82 Å². The second-order valence-electron chi connectivity index (χ2n) is 6.28. The fourth-order valence-corrected chi connectivity index (χ4v) is 3.77. The Morgan fingerprint density at radius 2 is 1.81 bits per heavy atom. The summed E-state index contributed by atoms with van der Waals surface area (Å²) < 4.78 is 27.1. The molecule has 0 spiro atoms. The number of fused-ring (bicyclic) bond motifs is 1. The lowest BCUT2D eigenvalue weighted by Crippen LogP contribution is -2.29. The Bertz CT molecular complexity index is 1120. The maximum absolute atomic E-state index is 12.3. The number of hydrogen-bond acceptors (Lipinski definition) is 5. The van der Waals surface area contributed by atoms with E-state index in [1.165, 1.54) is 0 Å². The average molecular weight is 380 g/mol. The second kappa shape index (κ2) is 7.74. The largest absolute Gasteiger partial charge is 0.368 e. The second-order valence-corrected chi connectivity index (χ2v) is 8.05. The fraction of sp³-hybridized carbons (Fsp3) is 0.200. The number of anilines is 1. The molecule has 0 radical (unpaired) electrons. The van der Waals surface area contributed by atoms with E-state index in [0.717, 1.165) is 22.0 Å². The van der Waals surface area contributed by atoms with Crippen molar-refractivity contribution in [3.05, 3.63) is 65.2 Å². The SMILES string of the molecule is Cc1ccc(S(=O)(=O)NCCNc2nc3c(C)cccc3cc2C#N)cc1. The van der Waals surface area contributed by atoms with Crippen LogP contribution in [0.15, 0.2) is 53.4 Å². The molecule has 0 fully saturated rings. The van der Waals surface area contributed by atoms with E-state index in [0.29, 0.717) is 17.9 Å². The molecule has 0 atom stereocenters. The predicted molar refractivity (Wildman–Crippen MR) is 106 cm³/mol. The van der Waals surface area contributed by atoms with Gasteiger partial charge in [0.25, 0.3) is 0 Å². The Balaban J connectivity index is 1.69. The van der Waals surface area contributed by atoms with Gasteiger partial charge in [0, 0.05) is 18.5 Å². The number of hydrogen-bond donors (Lipinski definition) is 2. The van der Waals surface area contributed by atoms with E-state index in [1.54, 1.807) is 30.3 Å². The molecule has 0 aliphatic carbocycles. The van der Waals surface area contributed by atoms with E-state index >= 15 is 0 Å². The fourth-order valence-electron chi connectivity index (χ4n) is 2.73. The summed E-state index contributed by atoms with van der Waals surface area (Å²) in [6.45, 7) is 4.35. The van der Waals surface area contributed by atoms with Gasteiger partial charge in [0.2, 0.25) is 10.0 Å². The number of benzene rings is 2. The Morgan fingerprint density at radius 1 is 1.07 bits per heavy atom. The summed E-state index contributed by atoms with van der Waals surface area (Å²) in [6, 6.07) is 16.4. The van der Waals surface area contributed by atoms with Gasteiger partial charge in [0.15, 0.2) is 0 Å². The summed E-state index contributed by atoms with van der Waals surface area (Å²) >= 11 is 0. The molecule has 0 unspecified atom stereocenters. The molecule has 0 amide bonds. The third-order valence-corrected chi connectivity index (χ3v) is 5.69. The number of pyridine rings is 1. The van der Waals surface area contributed by atoms with Crippen molar-refractivity contribution in [2.75, 3.05) is 18.4 Å². The van der Waals surface area contributed by atoms with Gasteiger partial charge >= 0.3 is 0 Å². The lowest BCUT2D eigenvalue weighted by molar-refractivity contribution is 0.583. The first-order valence-electron chi connectivity index (χ1n) is 8.51. The summed E-state index contributed by atoms with van der Waals surface area (Å²) in [5.41, 5.74) is 3.26. The standard InChI is InChI=1S/C20H20N4O2S/c1-14-6-8-18(9-7-14)27(25,26)23-11-10-22-20-17(13-21)12-16-5-3-4-15(2)19(16)24-20/h3-9,12,23H,10-11H2,1-2H3,(H,22,24). The monoisotopic (exact) mass is 380 g/mol. The molecule has 3 rings (SSSR count). The molecule has 27 heavy (non-hydrogen) atoms. The van der Waals surface area contributed by atoms with Crippen LogP contribution in [-0.4, -0.2) is 26.5 Å². The van der Waals surface area contributed by atoms with Gasteiger partial charge in [-0.2, -0.15) is 5.26 Å². The number of sulfonamides is 1. The van der Waals surface area contributed by atoms with Crippen molar-refractivity contribution in [2.24, 2.45) is 0 Å². The maximum Gasteiger partial charge on any atom is 0.240 e. The average Bonchev–Trinajstić information content (AvgIpc) is 2.65. The molecule has 1 aromatic heterocycles. The third kappa shape index (κ3) is 4.25. The van der Waals surface area contributed by atoms with Crippen molar-refractivity contribution in [3.63, 3.8) is 0 Å². The van der Waals surface area contributed by atoms with E-state index in [9.17, 15) is 13.7 Å². The third-order valence-electron chi connectivity index (χ3n) is 4.21. The van der Waals surface area contributed by atoms with Crippen LogP contribution in [0.2, 0.25) is 0 Å².